The lowest BCUT2D eigenvalue weighted by Gasteiger charge is -2.11. The second-order valence-electron chi connectivity index (χ2n) is 6.06. The fourth-order valence-electron chi connectivity index (χ4n) is 2.33. The quantitative estimate of drug-likeness (QED) is 0.431. The molecule has 2 rings (SSSR count). The van der Waals surface area contributed by atoms with Crippen LogP contribution in [-0.4, -0.2) is 37.2 Å². The van der Waals surface area contributed by atoms with Gasteiger partial charge in [-0.05, 0) is 61.5 Å². The highest BCUT2D eigenvalue weighted by Crippen LogP contribution is 2.17. The van der Waals surface area contributed by atoms with Gasteiger partial charge >= 0.3 is 0 Å². The van der Waals surface area contributed by atoms with Crippen LogP contribution in [0.1, 0.15) is 32.7 Å². The van der Waals surface area contributed by atoms with Crippen LogP contribution in [0.15, 0.2) is 46.9 Å². The second-order valence-corrected chi connectivity index (χ2v) is 7.32. The molecule has 28 heavy (non-hydrogen) atoms. The van der Waals surface area contributed by atoms with Crippen LogP contribution in [0, 0.1) is 6.92 Å². The van der Waals surface area contributed by atoms with Crippen molar-refractivity contribution in [1.82, 2.24) is 10.6 Å². The van der Waals surface area contributed by atoms with E-state index in [1.807, 2.05) is 13.0 Å². The third kappa shape index (κ3) is 6.70. The Labute approximate surface area is 178 Å². The van der Waals surface area contributed by atoms with Crippen molar-refractivity contribution in [1.29, 1.82) is 0 Å². The molecule has 3 N–H and O–H groups in total. The highest BCUT2D eigenvalue weighted by Gasteiger charge is 2.10. The average molecular weight is 464 g/mol. The largest absolute Gasteiger partial charge is 0.385 e. The number of thiocarbonyl (C=S) groups is 1. The van der Waals surface area contributed by atoms with Gasteiger partial charge in [-0.3, -0.25) is 14.9 Å². The van der Waals surface area contributed by atoms with E-state index < -0.39 is 0 Å². The van der Waals surface area contributed by atoms with Gasteiger partial charge in [0.25, 0.3) is 11.8 Å². The predicted octanol–water partition coefficient (Wildman–Crippen LogP) is 3.65. The van der Waals surface area contributed by atoms with Crippen LogP contribution >= 0.6 is 28.1 Å². The van der Waals surface area contributed by atoms with Crippen LogP contribution in [0.25, 0.3) is 0 Å². The molecule has 0 fully saturated rings. The number of ether oxygens (including phenoxy) is 1. The van der Waals surface area contributed by atoms with Gasteiger partial charge in [0, 0.05) is 41.5 Å². The van der Waals surface area contributed by atoms with E-state index in [0.717, 1.165) is 16.5 Å². The molecule has 0 radical (unpaired) electrons. The maximum atomic E-state index is 12.3. The number of nitrogens with one attached hydrogen (secondary N) is 3. The Kier molecular flexibility index (Phi) is 8.56. The molecule has 0 atom stereocenters. The van der Waals surface area contributed by atoms with Gasteiger partial charge in [0.1, 0.15) is 0 Å². The van der Waals surface area contributed by atoms with Crippen molar-refractivity contribution >= 4 is 50.8 Å². The average Bonchev–Trinajstić information content (AvgIpc) is 2.67. The summed E-state index contributed by atoms with van der Waals surface area (Å²) in [5.74, 6) is -0.496. The Morgan fingerprint density at radius 3 is 2.57 bits per heavy atom. The lowest BCUT2D eigenvalue weighted by Crippen LogP contribution is -2.34. The van der Waals surface area contributed by atoms with Gasteiger partial charge in [-0.25, -0.2) is 0 Å². The van der Waals surface area contributed by atoms with Crippen molar-refractivity contribution in [2.45, 2.75) is 13.3 Å². The summed E-state index contributed by atoms with van der Waals surface area (Å²) in [5.41, 5.74) is 2.64. The number of hydrogen-bond acceptors (Lipinski definition) is 4. The standard InChI is InChI=1S/C20H22BrN3O3S/c1-13-7-8-15(12-17(13)21)19(26)24-20(28)23-16-6-3-5-14(11-16)18(25)22-9-4-10-27-2/h3,5-8,11-12H,4,9-10H2,1-2H3,(H,22,25)(H2,23,24,26,28). The van der Waals surface area contributed by atoms with Crippen LogP contribution in [0.2, 0.25) is 0 Å². The van der Waals surface area contributed by atoms with Gasteiger partial charge in [0.2, 0.25) is 0 Å². The van der Waals surface area contributed by atoms with E-state index in [0.29, 0.717) is 30.0 Å². The van der Waals surface area contributed by atoms with E-state index in [1.165, 1.54) is 0 Å². The number of carbonyl (C=O) groups excluding carboxylic acids is 2. The van der Waals surface area contributed by atoms with Crippen LogP contribution < -0.4 is 16.0 Å². The molecule has 0 bridgehead atoms. The molecule has 8 heteroatoms. The minimum absolute atomic E-state index is 0.152. The third-order valence-electron chi connectivity index (χ3n) is 3.85. The Balaban J connectivity index is 1.93. The van der Waals surface area contributed by atoms with E-state index in [1.54, 1.807) is 43.5 Å². The number of hydrogen-bond donors (Lipinski definition) is 3. The smallest absolute Gasteiger partial charge is 0.257 e. The Morgan fingerprint density at radius 2 is 1.86 bits per heavy atom. The molecule has 2 amide bonds. The monoisotopic (exact) mass is 463 g/mol. The van der Waals surface area contributed by atoms with Crippen LogP contribution in [0.3, 0.4) is 0 Å². The minimum Gasteiger partial charge on any atom is -0.385 e. The fourth-order valence-corrected chi connectivity index (χ4v) is 2.92. The molecule has 0 unspecified atom stereocenters. The zero-order chi connectivity index (χ0) is 20.5. The number of benzene rings is 2. The molecule has 0 saturated heterocycles. The first kappa shape index (κ1) is 22.0. The van der Waals surface area contributed by atoms with Gasteiger partial charge in [0.15, 0.2) is 5.11 Å². The third-order valence-corrected chi connectivity index (χ3v) is 4.91. The van der Waals surface area contributed by atoms with Gasteiger partial charge in [-0.2, -0.15) is 0 Å². The van der Waals surface area contributed by atoms with E-state index in [2.05, 4.69) is 31.9 Å². The molecule has 0 aliphatic carbocycles. The van der Waals surface area contributed by atoms with Crippen LogP contribution in [0.5, 0.6) is 0 Å². The summed E-state index contributed by atoms with van der Waals surface area (Å²) in [7, 11) is 1.62. The lowest BCUT2D eigenvalue weighted by atomic mass is 10.1. The van der Waals surface area contributed by atoms with Crippen molar-refractivity contribution in [3.8, 4) is 0 Å². The number of methoxy groups -OCH3 is 1. The van der Waals surface area contributed by atoms with E-state index in [4.69, 9.17) is 17.0 Å². The maximum absolute atomic E-state index is 12.3. The van der Waals surface area contributed by atoms with Crippen LogP contribution in [-0.2, 0) is 4.74 Å². The van der Waals surface area contributed by atoms with Crippen molar-refractivity contribution in [2.24, 2.45) is 0 Å². The second kappa shape index (κ2) is 10.9. The van der Waals surface area contributed by atoms with Gasteiger partial charge in [0.05, 0.1) is 0 Å². The molecule has 6 nitrogen and oxygen atoms in total. The number of amides is 2. The Morgan fingerprint density at radius 1 is 1.11 bits per heavy atom. The number of aryl methyl sites for hydroxylation is 1. The number of carbonyl (C=O) groups is 2. The van der Waals surface area contributed by atoms with Gasteiger partial charge < -0.3 is 15.4 Å². The first-order valence-electron chi connectivity index (χ1n) is 8.66. The van der Waals surface area contributed by atoms with Crippen molar-refractivity contribution in [3.05, 3.63) is 63.6 Å². The first-order chi connectivity index (χ1) is 13.4. The van der Waals surface area contributed by atoms with E-state index in [9.17, 15) is 9.59 Å². The number of halogens is 1. The summed E-state index contributed by atoms with van der Waals surface area (Å²) < 4.78 is 5.81. The number of rotatable bonds is 7. The molecule has 0 aliphatic rings. The molecular formula is C20H22BrN3O3S. The van der Waals surface area contributed by atoms with Crippen molar-refractivity contribution in [2.75, 3.05) is 25.6 Å². The van der Waals surface area contributed by atoms with Crippen molar-refractivity contribution in [3.63, 3.8) is 0 Å². The highest BCUT2D eigenvalue weighted by molar-refractivity contribution is 9.10. The maximum Gasteiger partial charge on any atom is 0.257 e. The predicted molar refractivity (Wildman–Crippen MR) is 118 cm³/mol. The topological polar surface area (TPSA) is 79.5 Å². The molecule has 0 saturated carbocycles. The molecule has 148 valence electrons. The molecule has 0 spiro atoms. The Bertz CT molecular complexity index is 874. The van der Waals surface area contributed by atoms with E-state index in [-0.39, 0.29) is 16.9 Å². The SMILES string of the molecule is COCCCNC(=O)c1cccc(NC(=S)NC(=O)c2ccc(C)c(Br)c2)c1. The van der Waals surface area contributed by atoms with Crippen molar-refractivity contribution < 1.29 is 14.3 Å². The summed E-state index contributed by atoms with van der Waals surface area (Å²) in [4.78, 5) is 24.5. The number of anilines is 1. The van der Waals surface area contributed by atoms with Gasteiger partial charge in [-0.15, -0.1) is 0 Å². The molecule has 0 heterocycles. The summed E-state index contributed by atoms with van der Waals surface area (Å²) in [6.45, 7) is 3.07. The molecule has 2 aromatic rings. The summed E-state index contributed by atoms with van der Waals surface area (Å²) >= 11 is 8.62. The molecule has 2 aromatic carbocycles. The first-order valence-corrected chi connectivity index (χ1v) is 9.86. The minimum atomic E-state index is -0.315. The zero-order valence-electron chi connectivity index (χ0n) is 15.7. The molecule has 0 aromatic heterocycles. The van der Waals surface area contributed by atoms with Crippen LogP contribution in [0.4, 0.5) is 5.69 Å². The molecular weight excluding hydrogens is 442 g/mol. The van der Waals surface area contributed by atoms with Gasteiger partial charge in [-0.1, -0.05) is 28.1 Å². The summed E-state index contributed by atoms with van der Waals surface area (Å²) in [6, 6.07) is 12.2. The van der Waals surface area contributed by atoms with E-state index >= 15 is 0 Å². The fraction of sp³-hybridized carbons (Fsp3) is 0.250. The zero-order valence-corrected chi connectivity index (χ0v) is 18.1. The Hall–Kier alpha value is -2.29. The summed E-state index contributed by atoms with van der Waals surface area (Å²) in [6.07, 6.45) is 0.741. The highest BCUT2D eigenvalue weighted by atomic mass is 79.9. The summed E-state index contributed by atoms with van der Waals surface area (Å²) in [5, 5.41) is 8.54. The molecule has 0 aliphatic heterocycles. The normalized spacial score (nSPS) is 10.2. The lowest BCUT2D eigenvalue weighted by molar-refractivity contribution is 0.0946.